The highest BCUT2D eigenvalue weighted by Gasteiger charge is 2.40. The van der Waals surface area contributed by atoms with Crippen LogP contribution in [0.5, 0.6) is 0 Å². The minimum absolute atomic E-state index is 0.0503. The van der Waals surface area contributed by atoms with Crippen LogP contribution in [0.2, 0.25) is 0 Å². The van der Waals surface area contributed by atoms with E-state index >= 15 is 0 Å². The van der Waals surface area contributed by atoms with Crippen LogP contribution in [0.4, 0.5) is 0 Å². The van der Waals surface area contributed by atoms with Gasteiger partial charge < -0.3 is 0 Å². The molecule has 0 fully saturated rings. The van der Waals surface area contributed by atoms with E-state index in [1.165, 1.54) is 182 Å². The summed E-state index contributed by atoms with van der Waals surface area (Å²) in [6.07, 6.45) is 0. The Morgan fingerprint density at radius 1 is 0.240 bits per heavy atom. The molecule has 1 nitrogen and oxygen atoms in total. The SMILES string of the molecule is CC1(C)c2ccccc2-c2ccc(-c3c4ccccc4c(-c4ccc5c(c4)C(C)(C)c4ccccc4-5)c4cc(Br)ccc34)cc21.CC1(C)c2ccccc2-c2ccc(-c3c4ccccc4c(-c4ccc5c(c4)C(C)(C)c4ccccc4-5)c4cc(CN=C(c5ccccc5)c5ccccc5)ccc34)cc21. The lowest BCUT2D eigenvalue weighted by molar-refractivity contribution is 0.660. The molecule has 16 aromatic rings. The first kappa shape index (κ1) is 63.6. The average molecular weight is 1400 g/mol. The Bertz CT molecular complexity index is 6270. The highest BCUT2D eigenvalue weighted by atomic mass is 79.9. The van der Waals surface area contributed by atoms with E-state index in [0.717, 1.165) is 21.3 Å². The van der Waals surface area contributed by atoms with Crippen molar-refractivity contribution in [2.45, 2.75) is 83.6 Å². The minimum Gasteiger partial charge on any atom is -0.279 e. The summed E-state index contributed by atoms with van der Waals surface area (Å²) in [7, 11) is 0. The summed E-state index contributed by atoms with van der Waals surface area (Å²) in [5, 5.41) is 10.2. The third-order valence-corrected chi connectivity index (χ3v) is 24.6. The molecule has 4 aliphatic rings. The third-order valence-electron chi connectivity index (χ3n) is 24.1. The van der Waals surface area contributed by atoms with Crippen molar-refractivity contribution in [2.24, 2.45) is 4.99 Å². The Labute approximate surface area is 619 Å². The smallest absolute Gasteiger partial charge is 0.0723 e. The zero-order valence-corrected chi connectivity index (χ0v) is 61.6. The molecule has 0 heterocycles. The van der Waals surface area contributed by atoms with E-state index < -0.39 is 0 Å². The zero-order chi connectivity index (χ0) is 70.5. The summed E-state index contributed by atoms with van der Waals surface area (Å²) in [5.41, 5.74) is 36.3. The second-order valence-corrected chi connectivity index (χ2v) is 32.2. The maximum Gasteiger partial charge on any atom is 0.0723 e. The molecule has 0 bridgehead atoms. The molecular weight excluding hydrogens is 1320 g/mol. The predicted octanol–water partition coefficient (Wildman–Crippen LogP) is 27.7. The molecule has 0 radical (unpaired) electrons. The monoisotopic (exact) mass is 1400 g/mol. The quantitative estimate of drug-likeness (QED) is 0.106. The molecule has 20 rings (SSSR count). The van der Waals surface area contributed by atoms with Gasteiger partial charge in [-0.05, 0) is 225 Å². The molecule has 498 valence electrons. The molecule has 0 aromatic heterocycles. The molecule has 0 spiro atoms. The summed E-state index contributed by atoms with van der Waals surface area (Å²) in [6, 6.07) is 118. The van der Waals surface area contributed by atoms with Gasteiger partial charge in [-0.3, -0.25) is 4.99 Å². The van der Waals surface area contributed by atoms with Crippen molar-refractivity contribution in [3.8, 4) is 89.0 Å². The molecule has 16 aromatic carbocycles. The van der Waals surface area contributed by atoms with Crippen LogP contribution >= 0.6 is 15.9 Å². The molecule has 0 saturated carbocycles. The Hall–Kier alpha value is -11.3. The fourth-order valence-electron chi connectivity index (χ4n) is 18.9. The van der Waals surface area contributed by atoms with Crippen molar-refractivity contribution in [2.75, 3.05) is 0 Å². The molecule has 4 aliphatic carbocycles. The number of fused-ring (bicyclic) bond motifs is 16. The second kappa shape index (κ2) is 23.9. The number of hydrogen-bond donors (Lipinski definition) is 0. The largest absolute Gasteiger partial charge is 0.279 e. The average Bonchev–Trinajstić information content (AvgIpc) is 0.961. The normalized spacial score (nSPS) is 14.5. The Balaban J connectivity index is 0.000000148. The van der Waals surface area contributed by atoms with Crippen LogP contribution in [0.25, 0.3) is 132 Å². The van der Waals surface area contributed by atoms with Crippen LogP contribution in [-0.2, 0) is 28.2 Å². The van der Waals surface area contributed by atoms with Gasteiger partial charge >= 0.3 is 0 Å². The fourth-order valence-corrected chi connectivity index (χ4v) is 19.2. The lowest BCUT2D eigenvalue weighted by Gasteiger charge is -2.24. The standard InChI is InChI=1S/C58H45N.C44H33Br/c1-57(2)50-25-15-13-21-42(50)44-31-28-40(34-52(44)57)54-46-23-11-12-24-47(46)55(41-29-32-45-43-22-14-16-26-51(43)58(3,4)53(45)35-41)49-33-37(27-30-48(49)54)36-59-56(38-17-7-5-8-18-38)39-19-9-6-10-20-39;1-43(2)37-15-9-7-11-29(37)31-20-17-26(23-39(31)43)41-33-13-5-6-14-34(33)42(36-25-28(45)19-22-35(36)41)27-18-21-32-30-12-8-10-16-38(30)44(3,4)40(32)24-27/h5-35H,36H2,1-4H3;5-25H,1-4H3. The van der Waals surface area contributed by atoms with Crippen molar-refractivity contribution < 1.29 is 0 Å². The highest BCUT2D eigenvalue weighted by Crippen LogP contribution is 2.57. The van der Waals surface area contributed by atoms with Gasteiger partial charge in [0.1, 0.15) is 0 Å². The zero-order valence-electron chi connectivity index (χ0n) is 60.1. The van der Waals surface area contributed by atoms with Crippen molar-refractivity contribution in [3.05, 3.63) is 381 Å². The van der Waals surface area contributed by atoms with Gasteiger partial charge in [-0.1, -0.05) is 344 Å². The maximum absolute atomic E-state index is 5.37. The number of nitrogens with zero attached hydrogens (tertiary/aromatic N) is 1. The molecule has 0 saturated heterocycles. The summed E-state index contributed by atoms with van der Waals surface area (Å²) < 4.78 is 1.09. The predicted molar refractivity (Wildman–Crippen MR) is 445 cm³/mol. The van der Waals surface area contributed by atoms with Gasteiger partial charge in [-0.2, -0.15) is 0 Å². The molecular formula is C102H78BrN. The van der Waals surface area contributed by atoms with Crippen LogP contribution in [0, 0.1) is 0 Å². The summed E-state index contributed by atoms with van der Waals surface area (Å²) in [6.45, 7) is 19.5. The van der Waals surface area contributed by atoms with Crippen molar-refractivity contribution in [3.63, 3.8) is 0 Å². The lowest BCUT2D eigenvalue weighted by atomic mass is 9.79. The molecule has 2 heteroatoms. The summed E-state index contributed by atoms with van der Waals surface area (Å²) in [5.74, 6) is 0. The Kier molecular flexibility index (Phi) is 14.6. The van der Waals surface area contributed by atoms with Crippen LogP contribution in [0.15, 0.2) is 325 Å². The number of halogens is 1. The molecule has 0 atom stereocenters. The van der Waals surface area contributed by atoms with Gasteiger partial charge in [-0.15, -0.1) is 0 Å². The van der Waals surface area contributed by atoms with E-state index in [1.807, 2.05) is 0 Å². The topological polar surface area (TPSA) is 12.4 Å². The molecule has 0 amide bonds. The van der Waals surface area contributed by atoms with E-state index in [4.69, 9.17) is 4.99 Å². The Morgan fingerprint density at radius 3 is 0.856 bits per heavy atom. The van der Waals surface area contributed by atoms with Gasteiger partial charge in [0.2, 0.25) is 0 Å². The number of rotatable bonds is 8. The lowest BCUT2D eigenvalue weighted by Crippen LogP contribution is -2.15. The fraction of sp³-hybridized carbons (Fsp3) is 0.127. The van der Waals surface area contributed by atoms with Gasteiger partial charge in [0.05, 0.1) is 12.3 Å². The number of hydrogen-bond acceptors (Lipinski definition) is 1. The second-order valence-electron chi connectivity index (χ2n) is 31.3. The van der Waals surface area contributed by atoms with E-state index in [0.29, 0.717) is 6.54 Å². The first-order valence-corrected chi connectivity index (χ1v) is 37.6. The van der Waals surface area contributed by atoms with Crippen molar-refractivity contribution in [1.29, 1.82) is 0 Å². The maximum atomic E-state index is 5.37. The molecule has 104 heavy (non-hydrogen) atoms. The van der Waals surface area contributed by atoms with Gasteiger partial charge in [0, 0.05) is 37.3 Å². The van der Waals surface area contributed by atoms with Gasteiger partial charge in [0.25, 0.3) is 0 Å². The number of aliphatic imine (C=N–C) groups is 1. The van der Waals surface area contributed by atoms with Crippen LogP contribution in [0.1, 0.15) is 117 Å². The van der Waals surface area contributed by atoms with Crippen molar-refractivity contribution >= 4 is 64.7 Å². The van der Waals surface area contributed by atoms with E-state index in [1.54, 1.807) is 0 Å². The minimum atomic E-state index is -0.104. The van der Waals surface area contributed by atoms with E-state index in [9.17, 15) is 0 Å². The molecule has 0 aliphatic heterocycles. The van der Waals surface area contributed by atoms with Crippen molar-refractivity contribution in [1.82, 2.24) is 0 Å². The van der Waals surface area contributed by atoms with Gasteiger partial charge in [-0.25, -0.2) is 0 Å². The van der Waals surface area contributed by atoms with E-state index in [2.05, 4.69) is 387 Å². The van der Waals surface area contributed by atoms with Crippen LogP contribution in [0.3, 0.4) is 0 Å². The molecule has 0 unspecified atom stereocenters. The van der Waals surface area contributed by atoms with Crippen LogP contribution in [-0.4, -0.2) is 5.71 Å². The third kappa shape index (κ3) is 9.74. The Morgan fingerprint density at radius 2 is 0.510 bits per heavy atom. The first-order chi connectivity index (χ1) is 50.5. The van der Waals surface area contributed by atoms with Gasteiger partial charge in [0.15, 0.2) is 0 Å². The molecule has 0 N–H and O–H groups in total. The summed E-state index contributed by atoms with van der Waals surface area (Å²) in [4.78, 5) is 5.37. The first-order valence-electron chi connectivity index (χ1n) is 36.8. The number of benzene rings is 16. The highest BCUT2D eigenvalue weighted by molar-refractivity contribution is 9.10. The summed E-state index contributed by atoms with van der Waals surface area (Å²) >= 11 is 3.84. The van der Waals surface area contributed by atoms with Crippen LogP contribution < -0.4 is 0 Å². The van der Waals surface area contributed by atoms with E-state index in [-0.39, 0.29) is 21.7 Å².